The quantitative estimate of drug-likeness (QED) is 0.465. The van der Waals surface area contributed by atoms with Crippen LogP contribution in [0.3, 0.4) is 0 Å². The molecule has 0 atom stereocenters. The van der Waals surface area contributed by atoms with Crippen LogP contribution in [0.4, 0.5) is 17.2 Å². The van der Waals surface area contributed by atoms with Gasteiger partial charge in [-0.2, -0.15) is 0 Å². The molecule has 0 unspecified atom stereocenters. The first-order valence-corrected chi connectivity index (χ1v) is 10.1. The van der Waals surface area contributed by atoms with Crippen molar-refractivity contribution in [3.63, 3.8) is 0 Å². The van der Waals surface area contributed by atoms with Crippen LogP contribution in [0.25, 0.3) is 11.0 Å². The molecule has 0 amide bonds. The average molecular weight is 393 g/mol. The number of aromatic nitrogens is 3. The Kier molecular flexibility index (Phi) is 5.48. The molecule has 0 saturated heterocycles. The number of fused-ring (bicyclic) bond motifs is 1. The lowest BCUT2D eigenvalue weighted by molar-refractivity contribution is -0.114. The number of nitrogens with two attached hydrogens (primary N) is 2. The number of thioether (sulfide) groups is 1. The van der Waals surface area contributed by atoms with Gasteiger partial charge in [0.05, 0.1) is 40.7 Å². The van der Waals surface area contributed by atoms with Crippen molar-refractivity contribution in [3.05, 3.63) is 48.9 Å². The number of pyridine rings is 3. The van der Waals surface area contributed by atoms with E-state index in [0.717, 1.165) is 40.3 Å². The van der Waals surface area contributed by atoms with Crippen LogP contribution < -0.4 is 16.5 Å². The highest BCUT2D eigenvalue weighted by Crippen LogP contribution is 2.29. The molecule has 5 N–H and O–H groups in total. The molecule has 0 radical (unpaired) electrons. The minimum absolute atomic E-state index is 0.411. The van der Waals surface area contributed by atoms with E-state index < -0.39 is 0 Å². The monoisotopic (exact) mass is 392 g/mol. The van der Waals surface area contributed by atoms with Gasteiger partial charge in [0.15, 0.2) is 11.0 Å². The van der Waals surface area contributed by atoms with Gasteiger partial charge in [0.25, 0.3) is 0 Å². The molecule has 3 aromatic heterocycles. The standard InChI is InChI=1S/C20H21N7S/c21-19(13-4-1-2-5-13)28-20(22)27-18-8-7-16-17(26-18)10-15(12-24-16)25-14-6-3-9-23-11-14/h3,6-13,21,25H,1-2,4-5H2,(H2,22,26,27)/p+1. The fraction of sp³-hybridized carbons (Fsp3) is 0.250. The van der Waals surface area contributed by atoms with E-state index in [9.17, 15) is 0 Å². The molecular formula is C20H22N7S+. The number of nitrogens with zero attached hydrogens (tertiary/aromatic N) is 4. The number of aliphatic imine (C=N–C) groups is 1. The highest BCUT2D eigenvalue weighted by atomic mass is 32.2. The average Bonchev–Trinajstić information content (AvgIpc) is 3.23. The summed E-state index contributed by atoms with van der Waals surface area (Å²) in [6.45, 7) is 0. The number of nitrogens with one attached hydrogen (secondary N) is 1. The smallest absolute Gasteiger partial charge is 0.218 e. The maximum Gasteiger partial charge on any atom is 0.218 e. The molecule has 1 saturated carbocycles. The SMILES string of the molecule is NC(=Nc1ccc2ncc(Nc3cccnc3)cc2n1)SC(=[NH2+])C1CCCC1. The van der Waals surface area contributed by atoms with Crippen molar-refractivity contribution in [2.75, 3.05) is 5.32 Å². The van der Waals surface area contributed by atoms with Crippen molar-refractivity contribution in [1.82, 2.24) is 15.0 Å². The Morgan fingerprint density at radius 1 is 1.14 bits per heavy atom. The molecule has 1 fully saturated rings. The molecule has 0 aliphatic heterocycles. The summed E-state index contributed by atoms with van der Waals surface area (Å²) in [6.07, 6.45) is 9.99. The first kappa shape index (κ1) is 18.4. The van der Waals surface area contributed by atoms with Gasteiger partial charge in [-0.25, -0.2) is 9.98 Å². The second kappa shape index (κ2) is 8.35. The van der Waals surface area contributed by atoms with Crippen LogP contribution in [-0.4, -0.2) is 25.2 Å². The molecule has 1 aliphatic rings. The highest BCUT2D eigenvalue weighted by molar-refractivity contribution is 8.26. The normalized spacial score (nSPS) is 15.1. The second-order valence-corrected chi connectivity index (χ2v) is 7.83. The fourth-order valence-electron chi connectivity index (χ4n) is 3.28. The third-order valence-corrected chi connectivity index (χ3v) is 5.55. The zero-order valence-electron chi connectivity index (χ0n) is 15.4. The number of rotatable bonds is 4. The van der Waals surface area contributed by atoms with Crippen LogP contribution in [0, 0.1) is 5.92 Å². The summed E-state index contributed by atoms with van der Waals surface area (Å²) in [6, 6.07) is 9.43. The summed E-state index contributed by atoms with van der Waals surface area (Å²) < 4.78 is 0. The molecule has 3 heterocycles. The molecule has 1 aliphatic carbocycles. The summed E-state index contributed by atoms with van der Waals surface area (Å²) in [5, 5.41) is 10.7. The van der Waals surface area contributed by atoms with E-state index in [-0.39, 0.29) is 0 Å². The minimum Gasteiger partial charge on any atom is -0.378 e. The van der Waals surface area contributed by atoms with Gasteiger partial charge in [0.2, 0.25) is 5.04 Å². The van der Waals surface area contributed by atoms with Gasteiger partial charge >= 0.3 is 0 Å². The first-order valence-electron chi connectivity index (χ1n) is 9.25. The lowest BCUT2D eigenvalue weighted by Crippen LogP contribution is -2.42. The van der Waals surface area contributed by atoms with E-state index >= 15 is 0 Å². The molecule has 28 heavy (non-hydrogen) atoms. The number of anilines is 2. The Hall–Kier alpha value is -3.00. The van der Waals surface area contributed by atoms with Crippen LogP contribution in [-0.2, 0) is 0 Å². The van der Waals surface area contributed by atoms with E-state index in [1.54, 1.807) is 18.6 Å². The van der Waals surface area contributed by atoms with Gasteiger partial charge in [0, 0.05) is 18.0 Å². The molecule has 0 bridgehead atoms. The van der Waals surface area contributed by atoms with E-state index in [1.807, 2.05) is 30.3 Å². The van der Waals surface area contributed by atoms with Gasteiger partial charge in [-0.05, 0) is 43.2 Å². The van der Waals surface area contributed by atoms with Gasteiger partial charge < -0.3 is 11.1 Å². The molecule has 0 spiro atoms. The van der Waals surface area contributed by atoms with Crippen LogP contribution in [0.15, 0.2) is 53.9 Å². The topological polar surface area (TPSA) is 115 Å². The van der Waals surface area contributed by atoms with Crippen molar-refractivity contribution in [1.29, 1.82) is 0 Å². The van der Waals surface area contributed by atoms with Gasteiger partial charge in [-0.3, -0.25) is 15.4 Å². The zero-order valence-corrected chi connectivity index (χ0v) is 16.2. The van der Waals surface area contributed by atoms with Crippen molar-refractivity contribution >= 4 is 50.2 Å². The molecule has 142 valence electrons. The van der Waals surface area contributed by atoms with Crippen molar-refractivity contribution in [2.24, 2.45) is 16.6 Å². The molecular weight excluding hydrogens is 370 g/mol. The zero-order chi connectivity index (χ0) is 19.3. The first-order chi connectivity index (χ1) is 13.7. The molecule has 7 nitrogen and oxygen atoms in total. The van der Waals surface area contributed by atoms with Crippen molar-refractivity contribution in [3.8, 4) is 0 Å². The largest absolute Gasteiger partial charge is 0.378 e. The van der Waals surface area contributed by atoms with Crippen LogP contribution in [0.2, 0.25) is 0 Å². The minimum atomic E-state index is 0.411. The Bertz CT molecular complexity index is 1010. The summed E-state index contributed by atoms with van der Waals surface area (Å²) >= 11 is 1.35. The maximum absolute atomic E-state index is 6.19. The van der Waals surface area contributed by atoms with Crippen LogP contribution in [0.1, 0.15) is 25.7 Å². The van der Waals surface area contributed by atoms with Gasteiger partial charge in [0.1, 0.15) is 0 Å². The predicted octanol–water partition coefficient (Wildman–Crippen LogP) is 2.80. The van der Waals surface area contributed by atoms with E-state index in [1.165, 1.54) is 24.6 Å². The third-order valence-electron chi connectivity index (χ3n) is 4.68. The second-order valence-electron chi connectivity index (χ2n) is 6.73. The van der Waals surface area contributed by atoms with E-state index in [2.05, 4.69) is 25.3 Å². The Labute approximate surface area is 167 Å². The van der Waals surface area contributed by atoms with E-state index in [4.69, 9.17) is 11.1 Å². The lowest BCUT2D eigenvalue weighted by atomic mass is 10.1. The molecule has 0 aromatic carbocycles. The van der Waals surface area contributed by atoms with Gasteiger partial charge in [-0.15, -0.1) is 0 Å². The van der Waals surface area contributed by atoms with Crippen LogP contribution >= 0.6 is 11.8 Å². The fourth-order valence-corrected chi connectivity index (χ4v) is 4.06. The van der Waals surface area contributed by atoms with Crippen molar-refractivity contribution in [2.45, 2.75) is 25.7 Å². The summed E-state index contributed by atoms with van der Waals surface area (Å²) in [5.41, 5.74) is 9.33. The molecule has 3 aromatic rings. The third kappa shape index (κ3) is 4.45. The highest BCUT2D eigenvalue weighted by Gasteiger charge is 2.25. The van der Waals surface area contributed by atoms with E-state index in [0.29, 0.717) is 16.9 Å². The molecule has 4 rings (SSSR count). The number of amidine groups is 1. The Morgan fingerprint density at radius 3 is 2.79 bits per heavy atom. The maximum atomic E-state index is 6.19. The predicted molar refractivity (Wildman–Crippen MR) is 115 cm³/mol. The van der Waals surface area contributed by atoms with Crippen LogP contribution in [0.5, 0.6) is 0 Å². The summed E-state index contributed by atoms with van der Waals surface area (Å²) in [4.78, 5) is 17.5. The number of hydrogen-bond donors (Lipinski definition) is 3. The van der Waals surface area contributed by atoms with Gasteiger partial charge in [-0.1, -0.05) is 12.8 Å². The Balaban J connectivity index is 1.51. The summed E-state index contributed by atoms with van der Waals surface area (Å²) in [7, 11) is 0. The van der Waals surface area contributed by atoms with Crippen molar-refractivity contribution < 1.29 is 5.41 Å². The number of hydrogen-bond acceptors (Lipinski definition) is 6. The summed E-state index contributed by atoms with van der Waals surface area (Å²) in [5.74, 6) is 0.977. The molecule has 8 heteroatoms. The Morgan fingerprint density at radius 2 is 2.00 bits per heavy atom. The lowest BCUT2D eigenvalue weighted by Gasteiger charge is -2.07.